The maximum absolute atomic E-state index is 9.24. The second-order valence-corrected chi connectivity index (χ2v) is 1.51. The molecule has 0 aromatic carbocycles. The zero-order valence-electron chi connectivity index (χ0n) is 3.21. The molecule has 8 heavy (non-hydrogen) atoms. The Morgan fingerprint density at radius 3 is 1.12 bits per heavy atom. The van der Waals surface area contributed by atoms with Gasteiger partial charge >= 0.3 is 21.6 Å². The van der Waals surface area contributed by atoms with Gasteiger partial charge in [-0.1, -0.05) is 0 Å². The average Bonchev–Trinajstić information content (AvgIpc) is 1.61. The average molecular weight is 167 g/mol. The Morgan fingerprint density at radius 1 is 0.750 bits per heavy atom. The standard InChI is InChI=1S/Cl2O6/c3-1(4)7-8-2(5)6. The molecule has 50 valence electrons. The van der Waals surface area contributed by atoms with Crippen LogP contribution in [0.1, 0.15) is 0 Å². The molecule has 0 aliphatic carbocycles. The highest BCUT2D eigenvalue weighted by Gasteiger charge is 2.22. The molecule has 0 radical (unpaired) electrons. The van der Waals surface area contributed by atoms with Gasteiger partial charge in [0.05, 0.1) is 0 Å². The lowest BCUT2D eigenvalue weighted by atomic mass is 14.9. The number of hydrogen-bond acceptors (Lipinski definition) is 6. The summed E-state index contributed by atoms with van der Waals surface area (Å²) in [5, 5.41) is 0. The van der Waals surface area contributed by atoms with Gasteiger partial charge in [0.25, 0.3) is 8.88 Å². The third-order valence-corrected chi connectivity index (χ3v) is 0.523. The Labute approximate surface area is 50.0 Å². The molecule has 0 unspecified atom stereocenters. The fourth-order valence-electron chi connectivity index (χ4n) is 0.0389. The quantitative estimate of drug-likeness (QED) is 0.307. The van der Waals surface area contributed by atoms with Crippen molar-refractivity contribution < 1.29 is 49.1 Å². The van der Waals surface area contributed by atoms with Crippen molar-refractivity contribution in [3.05, 3.63) is 0 Å². The van der Waals surface area contributed by atoms with Gasteiger partial charge in [0.15, 0.2) is 0 Å². The van der Waals surface area contributed by atoms with E-state index in [-0.39, 0.29) is 0 Å². The van der Waals surface area contributed by atoms with E-state index in [0.717, 1.165) is 0 Å². The lowest BCUT2D eigenvalue weighted by molar-refractivity contribution is -1.72. The Balaban J connectivity index is 2.93. The smallest absolute Gasteiger partial charge is 0.317 e. The van der Waals surface area contributed by atoms with Crippen LogP contribution in [0.4, 0.5) is 0 Å². The highest BCUT2D eigenvalue weighted by atomic mass is 35.6. The molecule has 0 aromatic rings. The molecule has 0 spiro atoms. The summed E-state index contributed by atoms with van der Waals surface area (Å²) >= 11 is 0. The molecule has 0 bridgehead atoms. The zero-order valence-corrected chi connectivity index (χ0v) is 4.72. The van der Waals surface area contributed by atoms with Crippen LogP contribution in [0.15, 0.2) is 0 Å². The van der Waals surface area contributed by atoms with Gasteiger partial charge in [-0.15, -0.1) is 0 Å². The van der Waals surface area contributed by atoms with E-state index >= 15 is 0 Å². The normalized spacial score (nSPS) is 11.2. The van der Waals surface area contributed by atoms with Crippen molar-refractivity contribution in [3.63, 3.8) is 0 Å². The molecule has 0 N–H and O–H groups in total. The predicted octanol–water partition coefficient (Wildman–Crippen LogP) is -4.89. The van der Waals surface area contributed by atoms with Crippen molar-refractivity contribution in [2.75, 3.05) is 0 Å². The van der Waals surface area contributed by atoms with Crippen LogP contribution in [0.25, 0.3) is 0 Å². The Bertz CT molecular complexity index is 42.5. The first-order valence-electron chi connectivity index (χ1n) is 1.09. The van der Waals surface area contributed by atoms with Crippen LogP contribution >= 0.6 is 0 Å². The summed E-state index contributed by atoms with van der Waals surface area (Å²) in [7, 11) is -5.33. The molecule has 0 aliphatic heterocycles. The second kappa shape index (κ2) is 4.24. The maximum Gasteiger partial charge on any atom is 0.339 e. The van der Waals surface area contributed by atoms with E-state index in [1.165, 1.54) is 0 Å². The van der Waals surface area contributed by atoms with Crippen molar-refractivity contribution in [2.24, 2.45) is 0 Å². The molecule has 8 heteroatoms. The Morgan fingerprint density at radius 2 is 1.00 bits per heavy atom. The van der Waals surface area contributed by atoms with E-state index < -0.39 is 21.6 Å². The van der Waals surface area contributed by atoms with Gasteiger partial charge in [-0.05, 0) is 0 Å². The molecule has 0 saturated heterocycles. The SMILES string of the molecule is [O-][Cl+2]([O-])OO[Cl+2]([O-])[O-]. The Kier molecular flexibility index (Phi) is 4.42. The number of hydrogen-bond donors (Lipinski definition) is 0. The van der Waals surface area contributed by atoms with Crippen LogP contribution in [-0.4, -0.2) is 0 Å². The summed E-state index contributed by atoms with van der Waals surface area (Å²) < 4.78 is 43.1. The molecule has 0 atom stereocenters. The molecule has 6 nitrogen and oxygen atoms in total. The van der Waals surface area contributed by atoms with Gasteiger partial charge in [-0.2, -0.15) is 0 Å². The lowest BCUT2D eigenvalue weighted by Gasteiger charge is -1.84. The van der Waals surface area contributed by atoms with Crippen LogP contribution in [0, 0.1) is 21.6 Å². The van der Waals surface area contributed by atoms with Crippen molar-refractivity contribution >= 4 is 0 Å². The van der Waals surface area contributed by atoms with E-state index in [4.69, 9.17) is 0 Å². The van der Waals surface area contributed by atoms with Crippen LogP contribution in [0.3, 0.4) is 0 Å². The summed E-state index contributed by atoms with van der Waals surface area (Å²) in [5.74, 6) is 0. The van der Waals surface area contributed by atoms with Gasteiger partial charge in [-0.3, -0.25) is 0 Å². The molecule has 0 aliphatic rings. The minimum absolute atomic E-state index is 2.66. The van der Waals surface area contributed by atoms with Crippen LogP contribution < -0.4 is 18.6 Å². The van der Waals surface area contributed by atoms with Crippen LogP contribution in [0.2, 0.25) is 0 Å². The van der Waals surface area contributed by atoms with Gasteiger partial charge < -0.3 is 18.6 Å². The summed E-state index contributed by atoms with van der Waals surface area (Å²) in [6, 6.07) is 0. The fraction of sp³-hybridized carbons (Fsp3) is 0. The van der Waals surface area contributed by atoms with Crippen molar-refractivity contribution in [3.8, 4) is 0 Å². The molecule has 0 fully saturated rings. The zero-order chi connectivity index (χ0) is 6.57. The maximum atomic E-state index is 9.24. The molecular formula is Cl2O6. The first-order valence-corrected chi connectivity index (χ1v) is 2.94. The molecule has 0 heterocycles. The monoisotopic (exact) mass is 166 g/mol. The van der Waals surface area contributed by atoms with Crippen molar-refractivity contribution in [2.45, 2.75) is 0 Å². The molecular weight excluding hydrogens is 167 g/mol. The third-order valence-electron chi connectivity index (χ3n) is 0.127. The van der Waals surface area contributed by atoms with Gasteiger partial charge in [0.2, 0.25) is 0 Å². The minimum atomic E-state index is -2.66. The van der Waals surface area contributed by atoms with Crippen molar-refractivity contribution in [1.29, 1.82) is 0 Å². The van der Waals surface area contributed by atoms with Gasteiger partial charge in [0.1, 0.15) is 0 Å². The predicted molar refractivity (Wildman–Crippen MR) is 2.17 cm³/mol. The van der Waals surface area contributed by atoms with Crippen molar-refractivity contribution in [1.82, 2.24) is 0 Å². The molecule has 0 saturated carbocycles. The minimum Gasteiger partial charge on any atom is -0.317 e. The topological polar surface area (TPSA) is 111 Å². The summed E-state index contributed by atoms with van der Waals surface area (Å²) in [5.41, 5.74) is 0. The molecule has 0 rings (SSSR count). The first-order chi connectivity index (χ1) is 3.63. The van der Waals surface area contributed by atoms with E-state index in [1.807, 2.05) is 0 Å². The van der Waals surface area contributed by atoms with Crippen LogP contribution in [-0.2, 0) is 8.88 Å². The van der Waals surface area contributed by atoms with E-state index in [1.54, 1.807) is 0 Å². The Hall–Kier alpha value is 0.340. The highest BCUT2D eigenvalue weighted by molar-refractivity contribution is 2.63. The largest absolute Gasteiger partial charge is 0.339 e. The summed E-state index contributed by atoms with van der Waals surface area (Å²) in [4.78, 5) is 0. The summed E-state index contributed by atoms with van der Waals surface area (Å²) in [6.07, 6.45) is 0. The second-order valence-electron chi connectivity index (χ2n) is 0.504. The number of halogens is 2. The first kappa shape index (κ1) is 8.34. The van der Waals surface area contributed by atoms with E-state index in [9.17, 15) is 18.6 Å². The highest BCUT2D eigenvalue weighted by Crippen LogP contribution is 1.81. The molecule has 0 amide bonds. The third kappa shape index (κ3) is 6.34. The fourth-order valence-corrected chi connectivity index (χ4v) is 0.350. The van der Waals surface area contributed by atoms with E-state index in [2.05, 4.69) is 8.88 Å². The summed E-state index contributed by atoms with van der Waals surface area (Å²) in [6.45, 7) is 0. The lowest BCUT2D eigenvalue weighted by Crippen LogP contribution is -2.40. The number of rotatable bonds is 3. The van der Waals surface area contributed by atoms with Crippen LogP contribution in [0.5, 0.6) is 0 Å². The van der Waals surface area contributed by atoms with E-state index in [0.29, 0.717) is 0 Å². The molecule has 0 aromatic heterocycles. The van der Waals surface area contributed by atoms with Gasteiger partial charge in [0, 0.05) is 0 Å². The van der Waals surface area contributed by atoms with Gasteiger partial charge in [-0.25, -0.2) is 0 Å².